The van der Waals surface area contributed by atoms with Crippen molar-refractivity contribution in [2.45, 2.75) is 26.2 Å². The van der Waals surface area contributed by atoms with Crippen LogP contribution in [0.2, 0.25) is 0 Å². The van der Waals surface area contributed by atoms with E-state index in [0.29, 0.717) is 23.7 Å². The van der Waals surface area contributed by atoms with Gasteiger partial charge in [0.15, 0.2) is 5.82 Å². The summed E-state index contributed by atoms with van der Waals surface area (Å²) in [6, 6.07) is 14.9. The first-order valence-corrected chi connectivity index (χ1v) is 8.79. The molecule has 6 heteroatoms. The second kappa shape index (κ2) is 7.61. The van der Waals surface area contributed by atoms with Gasteiger partial charge in [0.05, 0.1) is 5.56 Å². The monoisotopic (exact) mass is 399 g/mol. The van der Waals surface area contributed by atoms with Gasteiger partial charge in [-0.3, -0.25) is 4.79 Å². The van der Waals surface area contributed by atoms with E-state index in [2.05, 4.69) is 31.4 Å². The highest BCUT2D eigenvalue weighted by Crippen LogP contribution is 2.19. The van der Waals surface area contributed by atoms with Crippen LogP contribution in [0.5, 0.6) is 0 Å². The molecule has 3 aromatic rings. The van der Waals surface area contributed by atoms with Gasteiger partial charge >= 0.3 is 0 Å². The number of nitrogens with one attached hydrogen (secondary N) is 1. The van der Waals surface area contributed by atoms with Gasteiger partial charge in [0.2, 0.25) is 5.89 Å². The summed E-state index contributed by atoms with van der Waals surface area (Å²) in [6.45, 7) is 4.03. The Hall–Kier alpha value is -2.47. The smallest absolute Gasteiger partial charge is 0.256 e. The van der Waals surface area contributed by atoms with E-state index in [1.807, 2.05) is 56.3 Å². The predicted octanol–water partition coefficient (Wildman–Crippen LogP) is 4.80. The number of hydrogen-bond donors (Lipinski definition) is 1. The molecule has 3 rings (SSSR count). The first kappa shape index (κ1) is 17.4. The van der Waals surface area contributed by atoms with Crippen molar-refractivity contribution in [1.29, 1.82) is 0 Å². The normalized spacial score (nSPS) is 10.9. The SMILES string of the molecule is CC(C)c1nc(Cc2ccc(NC(=O)c3ccccc3Br)cc2)no1. The highest BCUT2D eigenvalue weighted by Gasteiger charge is 2.11. The van der Waals surface area contributed by atoms with Crippen LogP contribution >= 0.6 is 15.9 Å². The number of carbonyl (C=O) groups excluding carboxylic acids is 1. The summed E-state index contributed by atoms with van der Waals surface area (Å²) in [7, 11) is 0. The fraction of sp³-hybridized carbons (Fsp3) is 0.211. The number of amides is 1. The van der Waals surface area contributed by atoms with Crippen molar-refractivity contribution in [3.8, 4) is 0 Å². The predicted molar refractivity (Wildman–Crippen MR) is 99.7 cm³/mol. The number of anilines is 1. The summed E-state index contributed by atoms with van der Waals surface area (Å²) < 4.78 is 5.98. The Labute approximate surface area is 154 Å². The lowest BCUT2D eigenvalue weighted by atomic mass is 10.1. The van der Waals surface area contributed by atoms with Gasteiger partial charge < -0.3 is 9.84 Å². The van der Waals surface area contributed by atoms with Gasteiger partial charge in [-0.05, 0) is 45.8 Å². The molecule has 0 spiro atoms. The molecule has 0 fully saturated rings. The first-order valence-electron chi connectivity index (χ1n) is 8.00. The van der Waals surface area contributed by atoms with Gasteiger partial charge in [0.25, 0.3) is 5.91 Å². The third kappa shape index (κ3) is 4.33. The Morgan fingerprint density at radius 2 is 1.88 bits per heavy atom. The molecule has 0 saturated carbocycles. The molecule has 1 heterocycles. The number of benzene rings is 2. The zero-order valence-electron chi connectivity index (χ0n) is 14.0. The van der Waals surface area contributed by atoms with Gasteiger partial charge in [-0.2, -0.15) is 4.98 Å². The largest absolute Gasteiger partial charge is 0.339 e. The Morgan fingerprint density at radius 1 is 1.16 bits per heavy atom. The number of nitrogens with zero attached hydrogens (tertiary/aromatic N) is 2. The summed E-state index contributed by atoms with van der Waals surface area (Å²) in [5.74, 6) is 1.37. The molecule has 0 bridgehead atoms. The molecule has 128 valence electrons. The third-order valence-corrected chi connectivity index (χ3v) is 4.36. The number of carbonyl (C=O) groups is 1. The van der Waals surface area contributed by atoms with Gasteiger partial charge in [-0.15, -0.1) is 0 Å². The van der Waals surface area contributed by atoms with Crippen LogP contribution in [0.25, 0.3) is 0 Å². The van der Waals surface area contributed by atoms with Crippen LogP contribution in [-0.2, 0) is 6.42 Å². The van der Waals surface area contributed by atoms with Crippen molar-refractivity contribution in [3.05, 3.63) is 75.8 Å². The highest BCUT2D eigenvalue weighted by atomic mass is 79.9. The van der Waals surface area contributed by atoms with E-state index in [0.717, 1.165) is 15.7 Å². The van der Waals surface area contributed by atoms with Crippen molar-refractivity contribution in [2.75, 3.05) is 5.32 Å². The maximum Gasteiger partial charge on any atom is 0.256 e. The molecule has 5 nitrogen and oxygen atoms in total. The summed E-state index contributed by atoms with van der Waals surface area (Å²) in [6.07, 6.45) is 0.592. The molecule has 0 atom stereocenters. The van der Waals surface area contributed by atoms with Crippen molar-refractivity contribution in [3.63, 3.8) is 0 Å². The maximum absolute atomic E-state index is 12.3. The number of aromatic nitrogens is 2. The Balaban J connectivity index is 1.65. The van der Waals surface area contributed by atoms with E-state index in [1.165, 1.54) is 0 Å². The molecule has 1 N–H and O–H groups in total. The quantitative estimate of drug-likeness (QED) is 0.668. The summed E-state index contributed by atoms with van der Waals surface area (Å²) in [5.41, 5.74) is 2.38. The molecule has 25 heavy (non-hydrogen) atoms. The summed E-state index contributed by atoms with van der Waals surface area (Å²) in [5, 5.41) is 6.88. The molecule has 0 aliphatic rings. The number of hydrogen-bond acceptors (Lipinski definition) is 4. The third-order valence-electron chi connectivity index (χ3n) is 3.67. The van der Waals surface area contributed by atoms with Gasteiger partial charge in [0.1, 0.15) is 0 Å². The van der Waals surface area contributed by atoms with Crippen LogP contribution in [0.15, 0.2) is 57.5 Å². The average Bonchev–Trinajstić information content (AvgIpc) is 3.06. The molecule has 0 aliphatic heterocycles. The molecule has 1 aromatic heterocycles. The minimum absolute atomic E-state index is 0.153. The van der Waals surface area contributed by atoms with E-state index >= 15 is 0 Å². The van der Waals surface area contributed by atoms with Crippen LogP contribution in [0.4, 0.5) is 5.69 Å². The van der Waals surface area contributed by atoms with Crippen molar-refractivity contribution < 1.29 is 9.32 Å². The van der Waals surface area contributed by atoms with E-state index in [-0.39, 0.29) is 11.8 Å². The molecule has 0 radical (unpaired) electrons. The van der Waals surface area contributed by atoms with Crippen LogP contribution < -0.4 is 5.32 Å². The molecule has 0 unspecified atom stereocenters. The second-order valence-electron chi connectivity index (χ2n) is 6.01. The minimum atomic E-state index is -0.153. The fourth-order valence-electron chi connectivity index (χ4n) is 2.31. The Morgan fingerprint density at radius 3 is 2.52 bits per heavy atom. The number of rotatable bonds is 5. The van der Waals surface area contributed by atoms with Crippen molar-refractivity contribution >= 4 is 27.5 Å². The topological polar surface area (TPSA) is 68.0 Å². The van der Waals surface area contributed by atoms with Crippen LogP contribution in [0, 0.1) is 0 Å². The van der Waals surface area contributed by atoms with Gasteiger partial charge in [0, 0.05) is 22.5 Å². The number of halogens is 1. The van der Waals surface area contributed by atoms with Crippen molar-refractivity contribution in [1.82, 2.24) is 10.1 Å². The lowest BCUT2D eigenvalue weighted by Crippen LogP contribution is -2.12. The first-order chi connectivity index (χ1) is 12.0. The molecule has 0 aliphatic carbocycles. The summed E-state index contributed by atoms with van der Waals surface area (Å²) in [4.78, 5) is 16.7. The molecule has 2 aromatic carbocycles. The Kier molecular flexibility index (Phi) is 5.28. The minimum Gasteiger partial charge on any atom is -0.339 e. The highest BCUT2D eigenvalue weighted by molar-refractivity contribution is 9.10. The molecular formula is C19H18BrN3O2. The van der Waals surface area contributed by atoms with Crippen molar-refractivity contribution in [2.24, 2.45) is 0 Å². The standard InChI is InChI=1S/C19H18BrN3O2/c1-12(2)19-22-17(23-25-19)11-13-7-9-14(10-8-13)21-18(24)15-5-3-4-6-16(15)20/h3-10,12H,11H2,1-2H3,(H,21,24). The molecule has 1 amide bonds. The van der Waals surface area contributed by atoms with Crippen LogP contribution in [-0.4, -0.2) is 16.0 Å². The zero-order valence-corrected chi connectivity index (χ0v) is 15.6. The van der Waals surface area contributed by atoms with E-state index in [1.54, 1.807) is 6.07 Å². The molecule has 0 saturated heterocycles. The van der Waals surface area contributed by atoms with E-state index in [9.17, 15) is 4.79 Å². The summed E-state index contributed by atoms with van der Waals surface area (Å²) >= 11 is 3.39. The van der Waals surface area contributed by atoms with E-state index in [4.69, 9.17) is 4.52 Å². The van der Waals surface area contributed by atoms with E-state index < -0.39 is 0 Å². The lowest BCUT2D eigenvalue weighted by Gasteiger charge is -2.07. The van der Waals surface area contributed by atoms with Gasteiger partial charge in [-0.1, -0.05) is 43.3 Å². The van der Waals surface area contributed by atoms with Gasteiger partial charge in [-0.25, -0.2) is 0 Å². The zero-order chi connectivity index (χ0) is 17.8. The van der Waals surface area contributed by atoms with Crippen LogP contribution in [0.1, 0.15) is 47.4 Å². The second-order valence-corrected chi connectivity index (χ2v) is 6.87. The Bertz CT molecular complexity index is 872. The van der Waals surface area contributed by atoms with Crippen LogP contribution in [0.3, 0.4) is 0 Å². The lowest BCUT2D eigenvalue weighted by molar-refractivity contribution is 0.102. The average molecular weight is 400 g/mol. The molecular weight excluding hydrogens is 382 g/mol. The maximum atomic E-state index is 12.3. The fourth-order valence-corrected chi connectivity index (χ4v) is 2.77.